The number of para-hydroxylation sites is 1. The van der Waals surface area contributed by atoms with E-state index in [-0.39, 0.29) is 5.41 Å². The Bertz CT molecular complexity index is 3100. The highest BCUT2D eigenvalue weighted by molar-refractivity contribution is 7.25. The fraction of sp³-hybridized carbons (Fsp3) is 0.0625. The third-order valence-electron chi connectivity index (χ3n) is 10.9. The van der Waals surface area contributed by atoms with Crippen molar-refractivity contribution in [1.29, 1.82) is 0 Å². The summed E-state index contributed by atoms with van der Waals surface area (Å²) in [7, 11) is 0. The van der Waals surface area contributed by atoms with E-state index in [1.165, 1.54) is 47.8 Å². The lowest BCUT2D eigenvalue weighted by Crippen LogP contribution is -2.15. The Hall–Kier alpha value is -6.43. The summed E-state index contributed by atoms with van der Waals surface area (Å²) in [4.78, 5) is 15.4. The van der Waals surface area contributed by atoms with Crippen molar-refractivity contribution in [3.8, 4) is 56.4 Å². The summed E-state index contributed by atoms with van der Waals surface area (Å²) in [6.07, 6.45) is 0. The molecule has 10 aromatic rings. The fourth-order valence-corrected chi connectivity index (χ4v) is 9.40. The second kappa shape index (κ2) is 11.3. The van der Waals surface area contributed by atoms with Gasteiger partial charge in [0.15, 0.2) is 17.5 Å². The molecule has 1 aliphatic rings. The third kappa shape index (κ3) is 4.64. The summed E-state index contributed by atoms with van der Waals surface area (Å²) in [5.41, 5.74) is 12.0. The van der Waals surface area contributed by atoms with Gasteiger partial charge in [0.1, 0.15) is 11.2 Å². The van der Waals surface area contributed by atoms with E-state index < -0.39 is 0 Å². The van der Waals surface area contributed by atoms with Gasteiger partial charge in [-0.25, -0.2) is 15.0 Å². The molecule has 0 atom stereocenters. The van der Waals surface area contributed by atoms with Crippen LogP contribution >= 0.6 is 11.3 Å². The van der Waals surface area contributed by atoms with Gasteiger partial charge in [-0.1, -0.05) is 123 Å². The zero-order chi connectivity index (χ0) is 35.3. The van der Waals surface area contributed by atoms with Crippen molar-refractivity contribution in [3.63, 3.8) is 0 Å². The Morgan fingerprint density at radius 1 is 0.434 bits per heavy atom. The van der Waals surface area contributed by atoms with Gasteiger partial charge in [-0.05, 0) is 75.8 Å². The zero-order valence-electron chi connectivity index (χ0n) is 29.1. The molecular formula is C48H31N3OS. The summed E-state index contributed by atoms with van der Waals surface area (Å²) in [5, 5.41) is 4.73. The van der Waals surface area contributed by atoms with E-state index in [4.69, 9.17) is 19.4 Å². The number of benzene rings is 7. The maximum absolute atomic E-state index is 6.30. The Kier molecular flexibility index (Phi) is 6.43. The largest absolute Gasteiger partial charge is 0.456 e. The van der Waals surface area contributed by atoms with Gasteiger partial charge in [0.2, 0.25) is 0 Å². The molecular weight excluding hydrogens is 667 g/mol. The van der Waals surface area contributed by atoms with Crippen molar-refractivity contribution in [2.45, 2.75) is 19.3 Å². The second-order valence-corrected chi connectivity index (χ2v) is 15.5. The molecule has 3 aromatic heterocycles. The topological polar surface area (TPSA) is 51.8 Å². The van der Waals surface area contributed by atoms with Crippen molar-refractivity contribution in [2.75, 3.05) is 0 Å². The quantitative estimate of drug-likeness (QED) is 0.184. The van der Waals surface area contributed by atoms with Crippen molar-refractivity contribution in [2.24, 2.45) is 0 Å². The summed E-state index contributed by atoms with van der Waals surface area (Å²) in [5.74, 6) is 1.97. The molecule has 0 unspecified atom stereocenters. The minimum absolute atomic E-state index is 0.175. The van der Waals surface area contributed by atoms with E-state index in [9.17, 15) is 0 Å². The number of fused-ring (bicyclic) bond motifs is 9. The first-order chi connectivity index (χ1) is 26.0. The molecule has 11 rings (SSSR count). The van der Waals surface area contributed by atoms with Crippen molar-refractivity contribution < 1.29 is 4.42 Å². The maximum atomic E-state index is 6.30. The average molecular weight is 698 g/mol. The van der Waals surface area contributed by atoms with Gasteiger partial charge in [0.25, 0.3) is 0 Å². The van der Waals surface area contributed by atoms with Crippen molar-refractivity contribution in [3.05, 3.63) is 163 Å². The SMILES string of the molecule is CC1(C)c2cc(-c3cccc(-c4nc(-c5ccccc5)nc(-c5cccc6sc7ccccc7c56)n4)c3)ccc2-c2cc3oc4ccccc4c3cc21. The van der Waals surface area contributed by atoms with Crippen molar-refractivity contribution >= 4 is 53.4 Å². The molecule has 7 aromatic carbocycles. The molecule has 250 valence electrons. The molecule has 0 spiro atoms. The van der Waals surface area contributed by atoms with E-state index >= 15 is 0 Å². The van der Waals surface area contributed by atoms with Crippen LogP contribution in [0.3, 0.4) is 0 Å². The Morgan fingerprint density at radius 3 is 1.98 bits per heavy atom. The van der Waals surface area contributed by atoms with Crippen LogP contribution in [-0.2, 0) is 5.41 Å². The highest BCUT2D eigenvalue weighted by Crippen LogP contribution is 2.52. The molecule has 0 amide bonds. The first-order valence-corrected chi connectivity index (χ1v) is 18.7. The minimum atomic E-state index is -0.175. The summed E-state index contributed by atoms with van der Waals surface area (Å²) < 4.78 is 8.78. The Balaban J connectivity index is 1.04. The lowest BCUT2D eigenvalue weighted by molar-refractivity contribution is 0.658. The lowest BCUT2D eigenvalue weighted by atomic mass is 9.81. The molecule has 3 heterocycles. The van der Waals surface area contributed by atoms with Gasteiger partial charge < -0.3 is 4.42 Å². The van der Waals surface area contributed by atoms with E-state index in [0.717, 1.165) is 44.4 Å². The van der Waals surface area contributed by atoms with Crippen LogP contribution < -0.4 is 0 Å². The van der Waals surface area contributed by atoms with Crippen LogP contribution in [0, 0.1) is 0 Å². The van der Waals surface area contributed by atoms with Gasteiger partial charge in [-0.3, -0.25) is 0 Å². The van der Waals surface area contributed by atoms with Crippen molar-refractivity contribution in [1.82, 2.24) is 15.0 Å². The molecule has 1 aliphatic carbocycles. The fourth-order valence-electron chi connectivity index (χ4n) is 8.27. The van der Waals surface area contributed by atoms with E-state index in [0.29, 0.717) is 17.5 Å². The third-order valence-corrected chi connectivity index (χ3v) is 12.1. The predicted octanol–water partition coefficient (Wildman–Crippen LogP) is 13.1. The molecule has 0 saturated heterocycles. The molecule has 0 radical (unpaired) electrons. The van der Waals surface area contributed by atoms with Crippen LogP contribution in [-0.4, -0.2) is 15.0 Å². The van der Waals surface area contributed by atoms with Crippen LogP contribution in [0.15, 0.2) is 156 Å². The number of furan rings is 1. The second-order valence-electron chi connectivity index (χ2n) is 14.4. The van der Waals surface area contributed by atoms with Gasteiger partial charge in [-0.2, -0.15) is 0 Å². The number of hydrogen-bond donors (Lipinski definition) is 0. The van der Waals surface area contributed by atoms with Gasteiger partial charge >= 0.3 is 0 Å². The van der Waals surface area contributed by atoms with E-state index in [1.54, 1.807) is 11.3 Å². The number of aromatic nitrogens is 3. The monoisotopic (exact) mass is 697 g/mol. The molecule has 4 nitrogen and oxygen atoms in total. The van der Waals surface area contributed by atoms with E-state index in [1.807, 2.05) is 30.3 Å². The average Bonchev–Trinajstić information content (AvgIpc) is 3.84. The van der Waals surface area contributed by atoms with Gasteiger partial charge in [0, 0.05) is 53.1 Å². The first kappa shape index (κ1) is 30.2. The van der Waals surface area contributed by atoms with Gasteiger partial charge in [0.05, 0.1) is 0 Å². The van der Waals surface area contributed by atoms with E-state index in [2.05, 4.69) is 135 Å². The molecule has 0 fully saturated rings. The lowest BCUT2D eigenvalue weighted by Gasteiger charge is -2.22. The number of nitrogens with zero attached hydrogens (tertiary/aromatic N) is 3. The molecule has 0 saturated carbocycles. The number of hydrogen-bond acceptors (Lipinski definition) is 5. The molecule has 0 N–H and O–H groups in total. The smallest absolute Gasteiger partial charge is 0.164 e. The van der Waals surface area contributed by atoms with Crippen LogP contribution in [0.1, 0.15) is 25.0 Å². The predicted molar refractivity (Wildman–Crippen MR) is 219 cm³/mol. The standard InChI is InChI=1S/C48H31N3OS/c1-48(2)38-25-30(22-23-32(38)36-27-41-37(26-39(36)48)33-16-6-8-19-40(33)52-41)29-14-10-15-31(24-29)46-49-45(28-12-4-3-5-13-28)50-47(51-46)35-18-11-21-43-44(35)34-17-7-9-20-42(34)53-43/h3-27H,1-2H3. The molecule has 5 heteroatoms. The van der Waals surface area contributed by atoms with Crippen LogP contribution in [0.5, 0.6) is 0 Å². The number of rotatable bonds is 4. The molecule has 53 heavy (non-hydrogen) atoms. The first-order valence-electron chi connectivity index (χ1n) is 17.9. The van der Waals surface area contributed by atoms with Gasteiger partial charge in [-0.15, -0.1) is 11.3 Å². The normalized spacial score (nSPS) is 13.2. The summed E-state index contributed by atoms with van der Waals surface area (Å²) in [6, 6.07) is 53.6. The molecule has 0 bridgehead atoms. The summed E-state index contributed by atoms with van der Waals surface area (Å²) in [6.45, 7) is 4.67. The van der Waals surface area contributed by atoms with Crippen LogP contribution in [0.4, 0.5) is 0 Å². The molecule has 0 aliphatic heterocycles. The minimum Gasteiger partial charge on any atom is -0.456 e. The number of thiophene rings is 1. The Morgan fingerprint density at radius 2 is 1.09 bits per heavy atom. The summed E-state index contributed by atoms with van der Waals surface area (Å²) >= 11 is 1.80. The van der Waals surface area contributed by atoms with Crippen LogP contribution in [0.2, 0.25) is 0 Å². The zero-order valence-corrected chi connectivity index (χ0v) is 29.9. The van der Waals surface area contributed by atoms with Crippen LogP contribution in [0.25, 0.3) is 98.5 Å². The highest BCUT2D eigenvalue weighted by atomic mass is 32.1. The highest BCUT2D eigenvalue weighted by Gasteiger charge is 2.36. The Labute approximate surface area is 310 Å². The maximum Gasteiger partial charge on any atom is 0.164 e.